The molecule has 3 N–H and O–H groups in total. The molecule has 0 rings (SSSR count). The van der Waals surface area contributed by atoms with E-state index in [-0.39, 0.29) is 25.4 Å². The highest BCUT2D eigenvalue weighted by Crippen LogP contribution is 2.35. The summed E-state index contributed by atoms with van der Waals surface area (Å²) in [6.07, 6.45) is 12.1. The first-order chi connectivity index (χ1) is 16.6. The molecule has 0 fully saturated rings. The van der Waals surface area contributed by atoms with Gasteiger partial charge in [-0.3, -0.25) is 18.9 Å². The van der Waals surface area contributed by atoms with Gasteiger partial charge in [-0.05, 0) is 19.3 Å². The van der Waals surface area contributed by atoms with E-state index in [4.69, 9.17) is 19.3 Å². The van der Waals surface area contributed by atoms with Gasteiger partial charge in [0.2, 0.25) is 5.91 Å². The van der Waals surface area contributed by atoms with E-state index in [1.807, 2.05) is 0 Å². The van der Waals surface area contributed by atoms with E-state index >= 15 is 0 Å². The van der Waals surface area contributed by atoms with Gasteiger partial charge in [-0.15, -0.1) is 0 Å². The first-order valence-corrected chi connectivity index (χ1v) is 14.5. The van der Waals surface area contributed by atoms with Crippen molar-refractivity contribution in [3.8, 4) is 0 Å². The molecule has 0 aliphatic carbocycles. The lowest BCUT2D eigenvalue weighted by Gasteiger charge is -2.18. The zero-order valence-electron chi connectivity index (χ0n) is 21.5. The molecule has 0 aliphatic rings. The molecular formula is C24H46NO9P. The Morgan fingerprint density at radius 2 is 1.29 bits per heavy atom. The topological polar surface area (TPSA) is 148 Å². The van der Waals surface area contributed by atoms with E-state index in [1.54, 1.807) is 0 Å². The summed E-state index contributed by atoms with van der Waals surface area (Å²) in [5.41, 5.74) is 0. The van der Waals surface area contributed by atoms with Crippen molar-refractivity contribution in [1.82, 2.24) is 5.32 Å². The maximum absolute atomic E-state index is 12.1. The van der Waals surface area contributed by atoms with Crippen LogP contribution in [0.1, 0.15) is 110 Å². The molecule has 0 aromatic carbocycles. The number of amides is 1. The Hall–Kier alpha value is -1.48. The third-order valence-electron chi connectivity index (χ3n) is 5.32. The minimum atomic E-state index is -4.74. The number of phosphoric ester groups is 1. The van der Waals surface area contributed by atoms with Gasteiger partial charge in [0.15, 0.2) is 6.10 Å². The van der Waals surface area contributed by atoms with Crippen LogP contribution in [0.2, 0.25) is 0 Å². The Labute approximate surface area is 210 Å². The second-order valence-electron chi connectivity index (χ2n) is 8.81. The number of ether oxygens (including phenoxy) is 2. The van der Waals surface area contributed by atoms with Crippen LogP contribution >= 0.6 is 7.82 Å². The van der Waals surface area contributed by atoms with Gasteiger partial charge < -0.3 is 24.6 Å². The molecule has 0 bridgehead atoms. The summed E-state index contributed by atoms with van der Waals surface area (Å²) in [5.74, 6) is -0.991. The quantitative estimate of drug-likeness (QED) is 0.0995. The van der Waals surface area contributed by atoms with Crippen molar-refractivity contribution in [3.63, 3.8) is 0 Å². The van der Waals surface area contributed by atoms with Crippen LogP contribution in [0.3, 0.4) is 0 Å². The van der Waals surface area contributed by atoms with Crippen LogP contribution < -0.4 is 5.32 Å². The third kappa shape index (κ3) is 25.4. The largest absolute Gasteiger partial charge is 0.469 e. The lowest BCUT2D eigenvalue weighted by atomic mass is 10.1. The second kappa shape index (κ2) is 21.8. The first-order valence-electron chi connectivity index (χ1n) is 12.9. The normalized spacial score (nSPS) is 12.2. The van der Waals surface area contributed by atoms with Crippen LogP contribution in [0.25, 0.3) is 0 Å². The maximum atomic E-state index is 12.1. The van der Waals surface area contributed by atoms with Gasteiger partial charge in [0.05, 0.1) is 6.61 Å². The van der Waals surface area contributed by atoms with Crippen LogP contribution in [-0.2, 0) is 32.9 Å². The molecule has 0 heterocycles. The molecule has 0 spiro atoms. The fourth-order valence-electron chi connectivity index (χ4n) is 3.39. The number of rotatable bonds is 23. The third-order valence-corrected chi connectivity index (χ3v) is 5.81. The molecule has 1 amide bonds. The standard InChI is InChI=1S/C24H46NO9P/c1-3-4-5-6-7-11-14-17-24(28)34-22(20-33-35(29,30)31)19-32-23(27)16-13-10-8-9-12-15-18-25-21(2)26/h22H,3-20H2,1-2H3,(H,25,26)(H2,29,30,31)/t22-/m1/s1. The SMILES string of the molecule is CCCCCCCCCC(=O)O[C@H](COC(=O)CCCCCCCCNC(C)=O)COP(=O)(O)O. The van der Waals surface area contributed by atoms with Crippen molar-refractivity contribution in [2.24, 2.45) is 0 Å². The van der Waals surface area contributed by atoms with Crippen molar-refractivity contribution >= 4 is 25.7 Å². The number of carbonyl (C=O) groups is 3. The van der Waals surface area contributed by atoms with Gasteiger partial charge in [0.25, 0.3) is 0 Å². The summed E-state index contributed by atoms with van der Waals surface area (Å²) in [5, 5.41) is 2.75. The molecule has 0 saturated carbocycles. The molecule has 35 heavy (non-hydrogen) atoms. The Kier molecular flexibility index (Phi) is 20.9. The maximum Gasteiger partial charge on any atom is 0.469 e. The monoisotopic (exact) mass is 523 g/mol. The number of hydrogen-bond acceptors (Lipinski definition) is 7. The average molecular weight is 524 g/mol. The summed E-state index contributed by atoms with van der Waals surface area (Å²) in [4.78, 5) is 52.7. The van der Waals surface area contributed by atoms with Crippen LogP contribution in [0.5, 0.6) is 0 Å². The highest BCUT2D eigenvalue weighted by Gasteiger charge is 2.22. The minimum absolute atomic E-state index is 0.0259. The van der Waals surface area contributed by atoms with Gasteiger partial charge >= 0.3 is 19.8 Å². The van der Waals surface area contributed by atoms with Gasteiger partial charge in [-0.2, -0.15) is 0 Å². The summed E-state index contributed by atoms with van der Waals surface area (Å²) >= 11 is 0. The second-order valence-corrected chi connectivity index (χ2v) is 10.0. The predicted molar refractivity (Wildman–Crippen MR) is 132 cm³/mol. The number of phosphoric acid groups is 1. The molecular weight excluding hydrogens is 477 g/mol. The molecule has 0 aliphatic heterocycles. The highest BCUT2D eigenvalue weighted by molar-refractivity contribution is 7.46. The Bertz CT molecular complexity index is 624. The highest BCUT2D eigenvalue weighted by atomic mass is 31.2. The van der Waals surface area contributed by atoms with E-state index in [0.29, 0.717) is 19.4 Å². The van der Waals surface area contributed by atoms with Crippen molar-refractivity contribution in [2.75, 3.05) is 19.8 Å². The first kappa shape index (κ1) is 33.5. The molecule has 0 unspecified atom stereocenters. The molecule has 1 atom stereocenters. The molecule has 0 aromatic heterocycles. The van der Waals surface area contributed by atoms with Crippen molar-refractivity contribution < 1.29 is 42.7 Å². The lowest BCUT2D eigenvalue weighted by molar-refractivity contribution is -0.161. The Morgan fingerprint density at radius 1 is 0.771 bits per heavy atom. The molecule has 206 valence electrons. The van der Waals surface area contributed by atoms with Crippen LogP contribution in [-0.4, -0.2) is 53.5 Å². The Balaban J connectivity index is 4.11. The zero-order valence-corrected chi connectivity index (χ0v) is 22.4. The van der Waals surface area contributed by atoms with Crippen LogP contribution in [0.4, 0.5) is 0 Å². The number of carbonyl (C=O) groups excluding carboxylic acids is 3. The minimum Gasteiger partial charge on any atom is -0.462 e. The number of hydrogen-bond donors (Lipinski definition) is 3. The zero-order chi connectivity index (χ0) is 26.4. The van der Waals surface area contributed by atoms with E-state index in [2.05, 4.69) is 16.8 Å². The van der Waals surface area contributed by atoms with Crippen LogP contribution in [0.15, 0.2) is 0 Å². The summed E-state index contributed by atoms with van der Waals surface area (Å²) in [7, 11) is -4.74. The average Bonchev–Trinajstić information content (AvgIpc) is 2.78. The predicted octanol–water partition coefficient (Wildman–Crippen LogP) is 4.56. The van der Waals surface area contributed by atoms with Crippen LogP contribution in [0, 0.1) is 0 Å². The Morgan fingerprint density at radius 3 is 1.83 bits per heavy atom. The van der Waals surface area contributed by atoms with Crippen molar-refractivity contribution in [2.45, 2.75) is 116 Å². The summed E-state index contributed by atoms with van der Waals surface area (Å²) < 4.78 is 25.8. The molecule has 0 radical (unpaired) electrons. The van der Waals surface area contributed by atoms with E-state index < -0.39 is 32.5 Å². The molecule has 0 aromatic rings. The van der Waals surface area contributed by atoms with Gasteiger partial charge in [-0.25, -0.2) is 4.57 Å². The van der Waals surface area contributed by atoms with Gasteiger partial charge in [0, 0.05) is 26.3 Å². The fraction of sp³-hybridized carbons (Fsp3) is 0.875. The van der Waals surface area contributed by atoms with Gasteiger partial charge in [0.1, 0.15) is 6.61 Å². The number of unbranched alkanes of at least 4 members (excludes halogenated alkanes) is 11. The molecule has 0 saturated heterocycles. The molecule has 11 heteroatoms. The van der Waals surface area contributed by atoms with Crippen molar-refractivity contribution in [3.05, 3.63) is 0 Å². The number of nitrogens with one attached hydrogen (secondary N) is 1. The smallest absolute Gasteiger partial charge is 0.462 e. The van der Waals surface area contributed by atoms with E-state index in [1.165, 1.54) is 26.2 Å². The fourth-order valence-corrected chi connectivity index (χ4v) is 3.75. The van der Waals surface area contributed by atoms with Crippen molar-refractivity contribution in [1.29, 1.82) is 0 Å². The van der Waals surface area contributed by atoms with E-state index in [0.717, 1.165) is 51.4 Å². The number of esters is 2. The van der Waals surface area contributed by atoms with Gasteiger partial charge in [-0.1, -0.05) is 71.1 Å². The summed E-state index contributed by atoms with van der Waals surface area (Å²) in [6, 6.07) is 0. The molecule has 10 nitrogen and oxygen atoms in total. The van der Waals surface area contributed by atoms with E-state index in [9.17, 15) is 18.9 Å². The summed E-state index contributed by atoms with van der Waals surface area (Å²) in [6.45, 7) is 3.46. The lowest BCUT2D eigenvalue weighted by Crippen LogP contribution is -2.29.